The van der Waals surface area contributed by atoms with Crippen molar-refractivity contribution in [3.05, 3.63) is 0 Å². The average Bonchev–Trinajstić information content (AvgIpc) is 2.40. The van der Waals surface area contributed by atoms with Crippen LogP contribution in [-0.4, -0.2) is 65.3 Å². The zero-order valence-corrected chi connectivity index (χ0v) is 10.4. The largest absolute Gasteiger partial charge is 0.472 e. The van der Waals surface area contributed by atoms with Crippen LogP contribution in [0.2, 0.25) is 0 Å². The fourth-order valence-corrected chi connectivity index (χ4v) is 3.47. The molecule has 1 aliphatic heterocycles. The van der Waals surface area contributed by atoms with Gasteiger partial charge in [-0.2, -0.15) is 0 Å². The van der Waals surface area contributed by atoms with Crippen LogP contribution in [0.25, 0.3) is 0 Å². The van der Waals surface area contributed by atoms with Crippen LogP contribution in [0.3, 0.4) is 0 Å². The van der Waals surface area contributed by atoms with Gasteiger partial charge in [-0.3, -0.25) is 4.57 Å². The molecule has 0 amide bonds. The molecule has 4 atom stereocenters. The van der Waals surface area contributed by atoms with Gasteiger partial charge in [0, 0.05) is 0 Å². The number of ether oxygens (including phenoxy) is 1. The molecule has 108 valence electrons. The summed E-state index contributed by atoms with van der Waals surface area (Å²) < 4.78 is 30.1. The van der Waals surface area contributed by atoms with Gasteiger partial charge in [-0.25, -0.2) is 9.09 Å². The minimum absolute atomic E-state index is 0.954. The standard InChI is InChI=1S/C5H12O11P2/c6-1-2-3(7)4(8)5(15-2,17(9,10)11)16-18(12,13)14/h2-4,6-8H,1H2,(H2,9,10,11)(H2,12,13,14)/t2-,3-,4-,5?/m1/s1. The molecule has 0 aromatic carbocycles. The summed E-state index contributed by atoms with van der Waals surface area (Å²) in [6.07, 6.45) is -6.11. The Labute approximate surface area is 100.0 Å². The molecule has 0 radical (unpaired) electrons. The molecule has 11 nitrogen and oxygen atoms in total. The first-order valence-electron chi connectivity index (χ1n) is 4.41. The van der Waals surface area contributed by atoms with Gasteiger partial charge in [0.25, 0.3) is 0 Å². The van der Waals surface area contributed by atoms with Gasteiger partial charge in [0.2, 0.25) is 0 Å². The lowest BCUT2D eigenvalue weighted by atomic mass is 10.1. The fourth-order valence-electron chi connectivity index (χ4n) is 1.46. The van der Waals surface area contributed by atoms with Crippen molar-refractivity contribution < 1.29 is 53.3 Å². The Morgan fingerprint density at radius 3 is 1.94 bits per heavy atom. The van der Waals surface area contributed by atoms with Crippen LogP contribution in [0, 0.1) is 0 Å². The van der Waals surface area contributed by atoms with Gasteiger partial charge in [0.05, 0.1) is 6.61 Å². The molecule has 7 N–H and O–H groups in total. The van der Waals surface area contributed by atoms with E-state index in [-0.39, 0.29) is 0 Å². The molecule has 1 fully saturated rings. The minimum Gasteiger partial charge on any atom is -0.394 e. The molecule has 1 saturated heterocycles. The van der Waals surface area contributed by atoms with Crippen LogP contribution >= 0.6 is 15.4 Å². The van der Waals surface area contributed by atoms with Crippen molar-refractivity contribution >= 4 is 15.4 Å². The van der Waals surface area contributed by atoms with E-state index in [1.165, 1.54) is 0 Å². The van der Waals surface area contributed by atoms with E-state index in [1.54, 1.807) is 0 Å². The first-order chi connectivity index (χ1) is 7.94. The second kappa shape index (κ2) is 4.89. The quantitative estimate of drug-likeness (QED) is 0.262. The third-order valence-corrected chi connectivity index (χ3v) is 4.16. The van der Waals surface area contributed by atoms with Crippen LogP contribution in [0.5, 0.6) is 0 Å². The maximum absolute atomic E-state index is 11.2. The van der Waals surface area contributed by atoms with E-state index in [0.29, 0.717) is 0 Å². The number of phosphoric ester groups is 1. The highest BCUT2D eigenvalue weighted by molar-refractivity contribution is 7.54. The third kappa shape index (κ3) is 2.82. The summed E-state index contributed by atoms with van der Waals surface area (Å²) in [5, 5.41) is 27.6. The van der Waals surface area contributed by atoms with Crippen molar-refractivity contribution in [3.63, 3.8) is 0 Å². The maximum Gasteiger partial charge on any atom is 0.472 e. The number of hydrogen-bond donors (Lipinski definition) is 7. The van der Waals surface area contributed by atoms with Gasteiger partial charge in [0.15, 0.2) is 0 Å². The number of phosphoric acid groups is 1. The second-order valence-corrected chi connectivity index (χ2v) is 6.41. The normalized spacial score (nSPS) is 38.1. The average molecular weight is 310 g/mol. The van der Waals surface area contributed by atoms with Gasteiger partial charge in [-0.1, -0.05) is 0 Å². The van der Waals surface area contributed by atoms with Crippen LogP contribution in [0.1, 0.15) is 0 Å². The van der Waals surface area contributed by atoms with Crippen LogP contribution in [-0.2, 0) is 18.4 Å². The molecule has 0 bridgehead atoms. The monoisotopic (exact) mass is 310 g/mol. The van der Waals surface area contributed by atoms with Crippen molar-refractivity contribution in [3.8, 4) is 0 Å². The zero-order valence-electron chi connectivity index (χ0n) is 8.60. The Bertz CT molecular complexity index is 398. The molecule has 0 aromatic rings. The minimum atomic E-state index is -5.54. The predicted octanol–water partition coefficient (Wildman–Crippen LogP) is -2.96. The van der Waals surface area contributed by atoms with Gasteiger partial charge in [-0.05, 0) is 0 Å². The fraction of sp³-hybridized carbons (Fsp3) is 1.00. The van der Waals surface area contributed by atoms with Gasteiger partial charge < -0.3 is 39.6 Å². The van der Waals surface area contributed by atoms with E-state index >= 15 is 0 Å². The molecule has 1 rings (SSSR count). The molecule has 18 heavy (non-hydrogen) atoms. The van der Waals surface area contributed by atoms with Crippen LogP contribution in [0.15, 0.2) is 0 Å². The van der Waals surface area contributed by atoms with E-state index in [9.17, 15) is 19.3 Å². The van der Waals surface area contributed by atoms with Crippen molar-refractivity contribution in [2.24, 2.45) is 0 Å². The van der Waals surface area contributed by atoms with Crippen LogP contribution in [0.4, 0.5) is 0 Å². The second-order valence-electron chi connectivity index (χ2n) is 3.53. The van der Waals surface area contributed by atoms with Crippen molar-refractivity contribution in [2.75, 3.05) is 6.61 Å². The first-order valence-corrected chi connectivity index (χ1v) is 7.55. The van der Waals surface area contributed by atoms with E-state index < -0.39 is 45.9 Å². The van der Waals surface area contributed by atoms with Crippen LogP contribution < -0.4 is 0 Å². The number of rotatable bonds is 4. The van der Waals surface area contributed by atoms with E-state index in [2.05, 4.69) is 9.26 Å². The number of hydrogen-bond acceptors (Lipinski definition) is 7. The lowest BCUT2D eigenvalue weighted by Crippen LogP contribution is -2.44. The highest BCUT2D eigenvalue weighted by Crippen LogP contribution is 2.63. The first kappa shape index (κ1) is 16.2. The van der Waals surface area contributed by atoms with Crippen molar-refractivity contribution in [1.29, 1.82) is 0 Å². The Morgan fingerprint density at radius 1 is 1.17 bits per heavy atom. The molecule has 0 aromatic heterocycles. The Kier molecular flexibility index (Phi) is 4.39. The summed E-state index contributed by atoms with van der Waals surface area (Å²) in [5.74, 6) is 0. The Balaban J connectivity index is 3.24. The smallest absolute Gasteiger partial charge is 0.394 e. The van der Waals surface area contributed by atoms with Gasteiger partial charge in [-0.15, -0.1) is 0 Å². The summed E-state index contributed by atoms with van der Waals surface area (Å²) in [4.78, 5) is 35.2. The van der Waals surface area contributed by atoms with Gasteiger partial charge in [0.1, 0.15) is 18.3 Å². The number of aliphatic hydroxyl groups excluding tert-OH is 3. The highest BCUT2D eigenvalue weighted by atomic mass is 31.2. The molecule has 1 heterocycles. The predicted molar refractivity (Wildman–Crippen MR) is 51.9 cm³/mol. The van der Waals surface area contributed by atoms with E-state index in [4.69, 9.17) is 24.7 Å². The zero-order chi connectivity index (χ0) is 14.4. The molecular weight excluding hydrogens is 298 g/mol. The molecule has 1 unspecified atom stereocenters. The summed E-state index contributed by atoms with van der Waals surface area (Å²) >= 11 is 0. The topological polar surface area (TPSA) is 194 Å². The lowest BCUT2D eigenvalue weighted by Gasteiger charge is -2.31. The molecule has 0 aliphatic carbocycles. The summed E-state index contributed by atoms with van der Waals surface area (Å²) in [5.41, 5.74) is -3.43. The van der Waals surface area contributed by atoms with Crippen molar-refractivity contribution in [1.82, 2.24) is 0 Å². The number of aliphatic hydroxyl groups is 3. The molecular formula is C5H12O11P2. The third-order valence-electron chi connectivity index (χ3n) is 2.23. The molecule has 0 saturated carbocycles. The summed E-state index contributed by atoms with van der Waals surface area (Å²) in [6.45, 7) is -0.954. The Hall–Kier alpha value is 0.1000. The SMILES string of the molecule is O=P(O)(O)OC1(P(=O)(O)O)O[C@H](CO)[C@@H](O)[C@H]1O. The summed E-state index contributed by atoms with van der Waals surface area (Å²) in [6, 6.07) is 0. The highest BCUT2D eigenvalue weighted by Gasteiger charge is 2.67. The lowest BCUT2D eigenvalue weighted by molar-refractivity contribution is -0.173. The maximum atomic E-state index is 11.2. The Morgan fingerprint density at radius 2 is 1.67 bits per heavy atom. The van der Waals surface area contributed by atoms with Crippen molar-refractivity contribution in [2.45, 2.75) is 23.8 Å². The van der Waals surface area contributed by atoms with E-state index in [0.717, 1.165) is 0 Å². The molecule has 13 heteroatoms. The van der Waals surface area contributed by atoms with E-state index in [1.807, 2.05) is 0 Å². The van der Waals surface area contributed by atoms with Gasteiger partial charge >= 0.3 is 20.9 Å². The molecule has 1 aliphatic rings. The molecule has 0 spiro atoms. The summed E-state index contributed by atoms with van der Waals surface area (Å²) in [7, 11) is -11.0.